The van der Waals surface area contributed by atoms with Crippen molar-refractivity contribution in [2.75, 3.05) is 0 Å². The molecule has 0 spiro atoms. The minimum Gasteiger partial charge on any atom is -1.00 e. The summed E-state index contributed by atoms with van der Waals surface area (Å²) in [7, 11) is 0. The maximum atomic E-state index is 3.67. The van der Waals surface area contributed by atoms with Crippen molar-refractivity contribution < 1.29 is 52.4 Å². The molecule has 0 nitrogen and oxygen atoms in total. The van der Waals surface area contributed by atoms with Crippen molar-refractivity contribution >= 4 is 23.3 Å². The average molecular weight is 507 g/mol. The van der Waals surface area contributed by atoms with E-state index in [-0.39, 0.29) is 52.4 Å². The van der Waals surface area contributed by atoms with E-state index in [2.05, 4.69) is 23.3 Å². The third-order valence-corrected chi connectivity index (χ3v) is 2.22. The number of rotatable bonds is 0. The summed E-state index contributed by atoms with van der Waals surface area (Å²) in [6.07, 6.45) is 40.0. The van der Waals surface area contributed by atoms with E-state index in [9.17, 15) is 0 Å². The maximum Gasteiger partial charge on any atom is 0 e. The van der Waals surface area contributed by atoms with E-state index in [1.807, 2.05) is 128 Å². The van der Waals surface area contributed by atoms with E-state index in [4.69, 9.17) is 0 Å². The molecule has 0 atom stereocenters. The molecular weight excluding hydrogens is 487 g/mol. The quantitative estimate of drug-likeness (QED) is 0.359. The van der Waals surface area contributed by atoms with Crippen LogP contribution in [0.4, 0.5) is 0 Å². The fourth-order valence-corrected chi connectivity index (χ4v) is 1.28. The van der Waals surface area contributed by atoms with Gasteiger partial charge in [0.1, 0.15) is 0 Å². The minimum absolute atomic E-state index is 0. The Hall–Kier alpha value is 2.47. The van der Waals surface area contributed by atoms with Gasteiger partial charge in [0.15, 0.2) is 0 Å². The summed E-state index contributed by atoms with van der Waals surface area (Å²) in [4.78, 5) is 0. The molecule has 0 aromatic carbocycles. The van der Waals surface area contributed by atoms with E-state index < -0.39 is 0 Å². The third-order valence-electron chi connectivity index (χ3n) is 2.22. The molecule has 0 unspecified atom stereocenters. The molecule has 4 fully saturated rings. The summed E-state index contributed by atoms with van der Waals surface area (Å²) < 4.78 is 0. The van der Waals surface area contributed by atoms with Crippen molar-refractivity contribution in [2.45, 2.75) is 0 Å². The molecule has 0 bridgehead atoms. The Balaban J connectivity index is -0.000000231. The fraction of sp³-hybridized carbons (Fsp3) is 0. The Morgan fingerprint density at radius 3 is 0.292 bits per heavy atom. The van der Waals surface area contributed by atoms with Crippen LogP contribution in [0.25, 0.3) is 0 Å². The summed E-state index contributed by atoms with van der Waals surface area (Å²) in [5.74, 6) is 0. The van der Waals surface area contributed by atoms with Crippen LogP contribution in [0.15, 0.2) is 0 Å². The molecule has 0 amide bonds. The summed E-state index contributed by atoms with van der Waals surface area (Å²) in [5, 5.41) is 0. The normalized spacial score (nSPS) is 20.2. The molecule has 24 heavy (non-hydrogen) atoms. The van der Waals surface area contributed by atoms with Crippen LogP contribution in [0, 0.1) is 128 Å². The second-order valence-electron chi connectivity index (χ2n) is 3.85. The first-order valence-electron chi connectivity index (χ1n) is 6.83. The zero-order valence-electron chi connectivity index (χ0n) is 13.4. The summed E-state index contributed by atoms with van der Waals surface area (Å²) >= 11 is 7.33. The number of hydrogen-bond acceptors (Lipinski definition) is 2. The zero-order chi connectivity index (χ0) is 16.1. The molecule has 4 aliphatic carbocycles. The SMILES string of the molecule is [CH]1[CH][CH][CH][CH]1.[CH]1[CH][CH][CH][CH]1.[CH]1[CH][CH][CH][CH]1.[CH]1[CH][CH][CH][CH]1.[S-][S-].[Zr].[Zr]. The van der Waals surface area contributed by atoms with Gasteiger partial charge >= 0.3 is 0 Å². The van der Waals surface area contributed by atoms with Gasteiger partial charge in [0.25, 0.3) is 0 Å². The first-order chi connectivity index (χ1) is 11.0. The van der Waals surface area contributed by atoms with Gasteiger partial charge in [-0.25, -0.2) is 0 Å². The van der Waals surface area contributed by atoms with Gasteiger partial charge in [-0.15, -0.1) is 0 Å². The van der Waals surface area contributed by atoms with Crippen LogP contribution in [0.5, 0.6) is 0 Å². The molecule has 0 saturated heterocycles. The molecule has 0 aromatic heterocycles. The molecule has 0 aliphatic heterocycles. The molecule has 4 aliphatic rings. The summed E-state index contributed by atoms with van der Waals surface area (Å²) in [5.41, 5.74) is 0. The topological polar surface area (TPSA) is 0 Å². The molecule has 0 N–H and O–H groups in total. The second kappa shape index (κ2) is 30.2. The molecule has 0 heterocycles. The smallest absolute Gasteiger partial charge is 0 e. The van der Waals surface area contributed by atoms with Crippen molar-refractivity contribution in [2.24, 2.45) is 0 Å². The molecule has 4 rings (SSSR count). The predicted molar refractivity (Wildman–Crippen MR) is 101 cm³/mol. The van der Waals surface area contributed by atoms with Gasteiger partial charge in [-0.1, -0.05) is 0 Å². The van der Waals surface area contributed by atoms with E-state index >= 15 is 0 Å². The van der Waals surface area contributed by atoms with E-state index in [1.165, 1.54) is 0 Å². The fourth-order valence-electron chi connectivity index (χ4n) is 1.28. The molecule has 0 aromatic rings. The van der Waals surface area contributed by atoms with Crippen LogP contribution in [0.2, 0.25) is 0 Å². The van der Waals surface area contributed by atoms with Crippen molar-refractivity contribution in [1.82, 2.24) is 0 Å². The van der Waals surface area contributed by atoms with Crippen LogP contribution in [0.3, 0.4) is 0 Å². The van der Waals surface area contributed by atoms with Crippen LogP contribution in [0.1, 0.15) is 0 Å². The minimum atomic E-state index is 0. The van der Waals surface area contributed by atoms with Crippen LogP contribution in [-0.4, -0.2) is 0 Å². The van der Waals surface area contributed by atoms with Crippen molar-refractivity contribution in [1.29, 1.82) is 0 Å². The standard InChI is InChI=1S/4C5H5.S2.2Zr/c4*1-2-4-5-3-1;1-2;;/h4*1-5H;;;/q;;;;-2;;. The van der Waals surface area contributed by atoms with Crippen LogP contribution >= 0.6 is 0 Å². The van der Waals surface area contributed by atoms with Crippen molar-refractivity contribution in [3.05, 3.63) is 128 Å². The second-order valence-corrected chi connectivity index (χ2v) is 3.85. The van der Waals surface area contributed by atoms with Crippen molar-refractivity contribution in [3.63, 3.8) is 0 Å². The third kappa shape index (κ3) is 26.7. The predicted octanol–water partition coefficient (Wildman–Crippen LogP) is 4.08. The molecule has 4 heteroatoms. The van der Waals surface area contributed by atoms with Gasteiger partial charge in [0, 0.05) is 52.4 Å². The Morgan fingerprint density at radius 2 is 0.250 bits per heavy atom. The number of hydrogen-bond donors (Lipinski definition) is 0. The molecule has 20 radical (unpaired) electrons. The van der Waals surface area contributed by atoms with Gasteiger partial charge in [-0.3, -0.25) is 0 Å². The van der Waals surface area contributed by atoms with Crippen LogP contribution < -0.4 is 0 Å². The van der Waals surface area contributed by atoms with Gasteiger partial charge in [0.2, 0.25) is 0 Å². The molecule has 122 valence electrons. The monoisotopic (exact) mass is 504 g/mol. The Morgan fingerprint density at radius 1 is 0.208 bits per heavy atom. The van der Waals surface area contributed by atoms with E-state index in [0.717, 1.165) is 0 Å². The van der Waals surface area contributed by atoms with E-state index in [0.29, 0.717) is 0 Å². The van der Waals surface area contributed by atoms with Gasteiger partial charge < -0.3 is 23.3 Å². The van der Waals surface area contributed by atoms with E-state index in [1.54, 1.807) is 0 Å². The molecular formula is C20H20S2Zr2-2. The van der Waals surface area contributed by atoms with Gasteiger partial charge in [-0.05, 0) is 128 Å². The first-order valence-corrected chi connectivity index (χ1v) is 8.17. The van der Waals surface area contributed by atoms with Crippen molar-refractivity contribution in [3.8, 4) is 0 Å². The largest absolute Gasteiger partial charge is 1.00 e. The maximum absolute atomic E-state index is 3.67. The Kier molecular flexibility index (Phi) is 39.2. The average Bonchev–Trinajstić information content (AvgIpc) is 3.46. The van der Waals surface area contributed by atoms with Gasteiger partial charge in [-0.2, -0.15) is 0 Å². The summed E-state index contributed by atoms with van der Waals surface area (Å²) in [6.45, 7) is 0. The first kappa shape index (κ1) is 31.2. The molecule has 4 saturated carbocycles. The Bertz CT molecular complexity index is 106. The van der Waals surface area contributed by atoms with Crippen LogP contribution in [-0.2, 0) is 75.7 Å². The Labute approximate surface area is 202 Å². The van der Waals surface area contributed by atoms with Gasteiger partial charge in [0.05, 0.1) is 0 Å². The zero-order valence-corrected chi connectivity index (χ0v) is 19.9. The summed E-state index contributed by atoms with van der Waals surface area (Å²) in [6, 6.07) is 0.